The van der Waals surface area contributed by atoms with E-state index in [9.17, 15) is 8.42 Å². The number of hydrogen-bond acceptors (Lipinski definition) is 3. The van der Waals surface area contributed by atoms with Gasteiger partial charge >= 0.3 is 0 Å². The van der Waals surface area contributed by atoms with Gasteiger partial charge in [0.25, 0.3) is 0 Å². The quantitative estimate of drug-likeness (QED) is 0.698. The number of nitrogens with one attached hydrogen (secondary N) is 1. The minimum atomic E-state index is -2.72. The molecule has 0 radical (unpaired) electrons. The average Bonchev–Trinajstić information content (AvgIpc) is 2.58. The molecule has 16 heavy (non-hydrogen) atoms. The standard InChI is InChI=1S/C12H25NO2S/c1-3-5-11(9-13-7-4-2)12-6-8-16(14,15)10-12/h11-13H,3-10H2,1-2H3. The van der Waals surface area contributed by atoms with Gasteiger partial charge < -0.3 is 5.32 Å². The van der Waals surface area contributed by atoms with Crippen LogP contribution in [0.1, 0.15) is 39.5 Å². The summed E-state index contributed by atoms with van der Waals surface area (Å²) in [7, 11) is -2.72. The van der Waals surface area contributed by atoms with Crippen molar-refractivity contribution >= 4 is 9.84 Å². The molecule has 0 amide bonds. The van der Waals surface area contributed by atoms with Crippen LogP contribution in [0.25, 0.3) is 0 Å². The van der Waals surface area contributed by atoms with Gasteiger partial charge in [0.05, 0.1) is 11.5 Å². The average molecular weight is 247 g/mol. The van der Waals surface area contributed by atoms with Crippen molar-refractivity contribution in [3.63, 3.8) is 0 Å². The Morgan fingerprint density at radius 2 is 2.06 bits per heavy atom. The highest BCUT2D eigenvalue weighted by atomic mass is 32.2. The van der Waals surface area contributed by atoms with Crippen LogP contribution >= 0.6 is 0 Å². The molecule has 96 valence electrons. The van der Waals surface area contributed by atoms with Crippen LogP contribution in [0.2, 0.25) is 0 Å². The molecule has 1 heterocycles. The Morgan fingerprint density at radius 1 is 1.31 bits per heavy atom. The maximum Gasteiger partial charge on any atom is 0.150 e. The predicted octanol–water partition coefficient (Wildman–Crippen LogP) is 1.84. The SMILES string of the molecule is CCCNCC(CCC)C1CCS(=O)(=O)C1. The van der Waals surface area contributed by atoms with E-state index in [1.54, 1.807) is 0 Å². The lowest BCUT2D eigenvalue weighted by atomic mass is 9.88. The summed E-state index contributed by atoms with van der Waals surface area (Å²) in [5.41, 5.74) is 0. The first-order chi connectivity index (χ1) is 7.59. The summed E-state index contributed by atoms with van der Waals surface area (Å²) < 4.78 is 22.9. The Bertz CT molecular complexity index is 287. The van der Waals surface area contributed by atoms with E-state index in [2.05, 4.69) is 19.2 Å². The van der Waals surface area contributed by atoms with Gasteiger partial charge in [-0.15, -0.1) is 0 Å². The molecule has 3 nitrogen and oxygen atoms in total. The van der Waals surface area contributed by atoms with Crippen molar-refractivity contribution in [3.8, 4) is 0 Å². The molecular formula is C12H25NO2S. The summed E-state index contributed by atoms with van der Waals surface area (Å²) in [6.45, 7) is 6.36. The molecule has 2 atom stereocenters. The Labute approximate surface area is 99.9 Å². The van der Waals surface area contributed by atoms with Crippen LogP contribution in [0.5, 0.6) is 0 Å². The highest BCUT2D eigenvalue weighted by Crippen LogP contribution is 2.28. The molecule has 1 N–H and O–H groups in total. The van der Waals surface area contributed by atoms with Crippen molar-refractivity contribution < 1.29 is 8.42 Å². The summed E-state index contributed by atoms with van der Waals surface area (Å²) in [6, 6.07) is 0. The highest BCUT2D eigenvalue weighted by Gasteiger charge is 2.32. The van der Waals surface area contributed by atoms with E-state index >= 15 is 0 Å². The summed E-state index contributed by atoms with van der Waals surface area (Å²) in [5, 5.41) is 3.43. The van der Waals surface area contributed by atoms with Gasteiger partial charge in [0.2, 0.25) is 0 Å². The van der Waals surface area contributed by atoms with Crippen LogP contribution in [0.4, 0.5) is 0 Å². The lowest BCUT2D eigenvalue weighted by Crippen LogP contribution is -2.29. The van der Waals surface area contributed by atoms with E-state index in [0.717, 1.165) is 38.8 Å². The molecule has 1 saturated heterocycles. The third-order valence-electron chi connectivity index (χ3n) is 3.43. The van der Waals surface area contributed by atoms with Crippen molar-refractivity contribution in [1.82, 2.24) is 5.32 Å². The zero-order valence-electron chi connectivity index (χ0n) is 10.5. The molecular weight excluding hydrogens is 222 g/mol. The molecule has 0 saturated carbocycles. The second-order valence-corrected chi connectivity index (χ2v) is 7.14. The van der Waals surface area contributed by atoms with Gasteiger partial charge in [0.15, 0.2) is 9.84 Å². The molecule has 0 bridgehead atoms. The van der Waals surface area contributed by atoms with Crippen LogP contribution in [-0.4, -0.2) is 33.0 Å². The number of sulfone groups is 1. The minimum Gasteiger partial charge on any atom is -0.316 e. The number of hydrogen-bond donors (Lipinski definition) is 1. The molecule has 0 aromatic rings. The summed E-state index contributed by atoms with van der Waals surface area (Å²) in [5.74, 6) is 1.78. The first kappa shape index (κ1) is 14.0. The fourth-order valence-electron chi connectivity index (χ4n) is 2.54. The molecule has 0 spiro atoms. The largest absolute Gasteiger partial charge is 0.316 e. The van der Waals surface area contributed by atoms with Gasteiger partial charge in [-0.3, -0.25) is 0 Å². The van der Waals surface area contributed by atoms with E-state index in [4.69, 9.17) is 0 Å². The Morgan fingerprint density at radius 3 is 2.56 bits per heavy atom. The van der Waals surface area contributed by atoms with Crippen LogP contribution in [0, 0.1) is 11.8 Å². The van der Waals surface area contributed by atoms with Crippen molar-refractivity contribution in [2.24, 2.45) is 11.8 Å². The molecule has 1 rings (SSSR count). The minimum absolute atomic E-state index is 0.398. The molecule has 1 aliphatic rings. The molecule has 0 aromatic heterocycles. The van der Waals surface area contributed by atoms with Gasteiger partial charge in [-0.1, -0.05) is 20.3 Å². The third kappa shape index (κ3) is 4.42. The van der Waals surface area contributed by atoms with Crippen molar-refractivity contribution in [3.05, 3.63) is 0 Å². The summed E-state index contributed by atoms with van der Waals surface area (Å²) in [6.07, 6.45) is 4.31. The third-order valence-corrected chi connectivity index (χ3v) is 5.22. The number of rotatable bonds is 7. The second kappa shape index (κ2) is 6.60. The second-order valence-electron chi connectivity index (χ2n) is 4.92. The van der Waals surface area contributed by atoms with E-state index in [-0.39, 0.29) is 0 Å². The van der Waals surface area contributed by atoms with Gasteiger partial charge in [-0.25, -0.2) is 8.42 Å². The topological polar surface area (TPSA) is 46.2 Å². The lowest BCUT2D eigenvalue weighted by Gasteiger charge is -2.22. The maximum absolute atomic E-state index is 11.5. The normalized spacial score (nSPS) is 25.8. The van der Waals surface area contributed by atoms with E-state index in [1.165, 1.54) is 0 Å². The van der Waals surface area contributed by atoms with Crippen molar-refractivity contribution in [2.45, 2.75) is 39.5 Å². The van der Waals surface area contributed by atoms with Crippen LogP contribution in [0.3, 0.4) is 0 Å². The smallest absolute Gasteiger partial charge is 0.150 e. The highest BCUT2D eigenvalue weighted by molar-refractivity contribution is 7.91. The van der Waals surface area contributed by atoms with Gasteiger partial charge in [-0.05, 0) is 44.2 Å². The predicted molar refractivity (Wildman–Crippen MR) is 68.3 cm³/mol. The van der Waals surface area contributed by atoms with Crippen LogP contribution < -0.4 is 5.32 Å². The molecule has 1 aliphatic heterocycles. The zero-order chi connectivity index (χ0) is 12.0. The maximum atomic E-state index is 11.5. The molecule has 4 heteroatoms. The molecule has 0 aliphatic carbocycles. The Hall–Kier alpha value is -0.0900. The fourth-order valence-corrected chi connectivity index (χ4v) is 4.45. The first-order valence-electron chi connectivity index (χ1n) is 6.50. The Balaban J connectivity index is 2.43. The fraction of sp³-hybridized carbons (Fsp3) is 1.00. The first-order valence-corrected chi connectivity index (χ1v) is 8.32. The summed E-state index contributed by atoms with van der Waals surface area (Å²) in [4.78, 5) is 0. The zero-order valence-corrected chi connectivity index (χ0v) is 11.4. The van der Waals surface area contributed by atoms with E-state index < -0.39 is 9.84 Å². The van der Waals surface area contributed by atoms with Gasteiger partial charge in [-0.2, -0.15) is 0 Å². The van der Waals surface area contributed by atoms with Crippen LogP contribution in [-0.2, 0) is 9.84 Å². The van der Waals surface area contributed by atoms with Crippen molar-refractivity contribution in [2.75, 3.05) is 24.6 Å². The van der Waals surface area contributed by atoms with Crippen LogP contribution in [0.15, 0.2) is 0 Å². The summed E-state index contributed by atoms with van der Waals surface area (Å²) >= 11 is 0. The molecule has 2 unspecified atom stereocenters. The van der Waals surface area contributed by atoms with Gasteiger partial charge in [0, 0.05) is 0 Å². The lowest BCUT2D eigenvalue weighted by molar-refractivity contribution is 0.323. The monoisotopic (exact) mass is 247 g/mol. The Kier molecular flexibility index (Phi) is 5.76. The van der Waals surface area contributed by atoms with Crippen molar-refractivity contribution in [1.29, 1.82) is 0 Å². The van der Waals surface area contributed by atoms with Gasteiger partial charge in [0.1, 0.15) is 0 Å². The molecule has 0 aromatic carbocycles. The molecule has 1 fully saturated rings. The van der Waals surface area contributed by atoms with E-state index in [0.29, 0.717) is 23.3 Å². The van der Waals surface area contributed by atoms with E-state index in [1.807, 2.05) is 0 Å².